The van der Waals surface area contributed by atoms with E-state index in [1.165, 1.54) is 12.3 Å². The average Bonchev–Trinajstić information content (AvgIpc) is 2.76. The molecule has 1 aliphatic rings. The molecule has 1 unspecified atom stereocenters. The summed E-state index contributed by atoms with van der Waals surface area (Å²) in [5.74, 6) is 0.0226. The van der Waals surface area contributed by atoms with Crippen molar-refractivity contribution < 1.29 is 4.39 Å². The molecule has 4 nitrogen and oxygen atoms in total. The molecule has 0 bridgehead atoms. The molecule has 0 spiro atoms. The molecule has 0 saturated carbocycles. The minimum absolute atomic E-state index is 0.372. The molecule has 1 aliphatic heterocycles. The summed E-state index contributed by atoms with van der Waals surface area (Å²) in [6.07, 6.45) is 1.20. The van der Waals surface area contributed by atoms with E-state index in [1.54, 1.807) is 12.1 Å². The molecular formula is C15H14ClFN4. The molecule has 0 saturated heterocycles. The molecule has 3 rings (SSSR count). The van der Waals surface area contributed by atoms with Crippen LogP contribution in [0, 0.1) is 5.82 Å². The van der Waals surface area contributed by atoms with Crippen LogP contribution in [-0.4, -0.2) is 17.5 Å². The number of guanidine groups is 1. The summed E-state index contributed by atoms with van der Waals surface area (Å²) in [6, 6.07) is 10.4. The maximum atomic E-state index is 13.1. The van der Waals surface area contributed by atoms with Gasteiger partial charge in [-0.1, -0.05) is 17.7 Å². The van der Waals surface area contributed by atoms with Gasteiger partial charge in [0.1, 0.15) is 11.4 Å². The molecule has 108 valence electrons. The summed E-state index contributed by atoms with van der Waals surface area (Å²) >= 11 is 6.06. The lowest BCUT2D eigenvalue weighted by Crippen LogP contribution is -2.48. The van der Waals surface area contributed by atoms with Crippen LogP contribution in [0.15, 0.2) is 47.6 Å². The summed E-state index contributed by atoms with van der Waals surface area (Å²) < 4.78 is 13.1. The lowest BCUT2D eigenvalue weighted by atomic mass is 9.95. The van der Waals surface area contributed by atoms with Gasteiger partial charge < -0.3 is 5.73 Å². The number of benzene rings is 1. The van der Waals surface area contributed by atoms with Crippen molar-refractivity contribution >= 4 is 23.2 Å². The zero-order chi connectivity index (χ0) is 15.0. The summed E-state index contributed by atoms with van der Waals surface area (Å²) in [5.41, 5.74) is 7.00. The van der Waals surface area contributed by atoms with Crippen LogP contribution in [-0.2, 0) is 5.54 Å². The molecule has 21 heavy (non-hydrogen) atoms. The van der Waals surface area contributed by atoms with Crippen LogP contribution in [0.3, 0.4) is 0 Å². The van der Waals surface area contributed by atoms with E-state index in [9.17, 15) is 4.39 Å². The average molecular weight is 305 g/mol. The lowest BCUT2D eigenvalue weighted by molar-refractivity contribution is 0.511. The van der Waals surface area contributed by atoms with Gasteiger partial charge in [0.05, 0.1) is 18.4 Å². The fourth-order valence-corrected chi connectivity index (χ4v) is 2.74. The molecule has 0 aliphatic carbocycles. The van der Waals surface area contributed by atoms with E-state index in [1.807, 2.05) is 30.0 Å². The first-order valence-electron chi connectivity index (χ1n) is 6.48. The number of anilines is 1. The van der Waals surface area contributed by atoms with Gasteiger partial charge in [-0.25, -0.2) is 4.39 Å². The Morgan fingerprint density at radius 1 is 1.33 bits per heavy atom. The van der Waals surface area contributed by atoms with Crippen molar-refractivity contribution in [1.82, 2.24) is 4.98 Å². The van der Waals surface area contributed by atoms with E-state index in [-0.39, 0.29) is 5.82 Å². The Hall–Kier alpha value is -2.14. The van der Waals surface area contributed by atoms with Crippen LogP contribution in [0.4, 0.5) is 10.1 Å². The second-order valence-corrected chi connectivity index (χ2v) is 5.56. The Morgan fingerprint density at radius 2 is 2.14 bits per heavy atom. The predicted molar refractivity (Wildman–Crippen MR) is 82.0 cm³/mol. The monoisotopic (exact) mass is 304 g/mol. The van der Waals surface area contributed by atoms with Crippen LogP contribution < -0.4 is 10.6 Å². The predicted octanol–water partition coefficient (Wildman–Crippen LogP) is 2.92. The van der Waals surface area contributed by atoms with Gasteiger partial charge in [0.25, 0.3) is 0 Å². The number of aliphatic imine (C=N–C) groups is 1. The molecule has 2 N–H and O–H groups in total. The summed E-state index contributed by atoms with van der Waals surface area (Å²) in [6.45, 7) is 2.42. The molecule has 0 amide bonds. The van der Waals surface area contributed by atoms with Crippen LogP contribution in [0.25, 0.3) is 0 Å². The maximum absolute atomic E-state index is 13.1. The highest BCUT2D eigenvalue weighted by molar-refractivity contribution is 6.31. The van der Waals surface area contributed by atoms with E-state index in [2.05, 4.69) is 9.98 Å². The van der Waals surface area contributed by atoms with E-state index in [0.29, 0.717) is 23.2 Å². The van der Waals surface area contributed by atoms with Crippen molar-refractivity contribution in [1.29, 1.82) is 0 Å². The number of halogens is 2. The first-order valence-corrected chi connectivity index (χ1v) is 6.86. The molecule has 1 aromatic carbocycles. The zero-order valence-corrected chi connectivity index (χ0v) is 12.2. The fraction of sp³-hybridized carbons (Fsp3) is 0.200. The van der Waals surface area contributed by atoms with Crippen molar-refractivity contribution in [2.24, 2.45) is 10.7 Å². The van der Waals surface area contributed by atoms with E-state index >= 15 is 0 Å². The second kappa shape index (κ2) is 5.00. The summed E-state index contributed by atoms with van der Waals surface area (Å²) in [4.78, 5) is 10.4. The quantitative estimate of drug-likeness (QED) is 0.928. The number of nitrogens with zero attached hydrogens (tertiary/aromatic N) is 3. The third kappa shape index (κ3) is 2.34. The molecule has 6 heteroatoms. The number of rotatable bonds is 2. The van der Waals surface area contributed by atoms with E-state index < -0.39 is 5.54 Å². The standard InChI is InChI=1S/C15H14ClFN4/c1-15(13-6-5-11(17)8-19-13)9-20-14(18)21(15)12-4-2-3-10(16)7-12/h2-8H,9H2,1H3,(H2,18,20). The molecule has 0 radical (unpaired) electrons. The third-order valence-electron chi connectivity index (χ3n) is 3.62. The van der Waals surface area contributed by atoms with E-state index in [4.69, 9.17) is 17.3 Å². The number of nitrogens with two attached hydrogens (primary N) is 1. The van der Waals surface area contributed by atoms with Gasteiger partial charge in [-0.2, -0.15) is 0 Å². The second-order valence-electron chi connectivity index (χ2n) is 5.13. The van der Waals surface area contributed by atoms with Crippen molar-refractivity contribution in [3.63, 3.8) is 0 Å². The number of aromatic nitrogens is 1. The number of hydrogen-bond acceptors (Lipinski definition) is 4. The van der Waals surface area contributed by atoms with Gasteiger partial charge in [0, 0.05) is 10.7 Å². The number of hydrogen-bond donors (Lipinski definition) is 1. The van der Waals surface area contributed by atoms with Crippen LogP contribution >= 0.6 is 11.6 Å². The SMILES string of the molecule is CC1(c2ccc(F)cn2)CN=C(N)N1c1cccc(Cl)c1. The minimum Gasteiger partial charge on any atom is -0.369 e. The topological polar surface area (TPSA) is 54.5 Å². The van der Waals surface area contributed by atoms with Crippen LogP contribution in [0.5, 0.6) is 0 Å². The Bertz CT molecular complexity index is 701. The molecule has 2 aromatic rings. The normalized spacial score (nSPS) is 21.5. The van der Waals surface area contributed by atoms with Gasteiger partial charge in [0.15, 0.2) is 5.96 Å². The summed E-state index contributed by atoms with van der Waals surface area (Å²) in [7, 11) is 0. The zero-order valence-electron chi connectivity index (χ0n) is 11.4. The molecular weight excluding hydrogens is 291 g/mol. The van der Waals surface area contributed by atoms with Gasteiger partial charge in [0.2, 0.25) is 0 Å². The smallest absolute Gasteiger partial charge is 0.196 e. The largest absolute Gasteiger partial charge is 0.369 e. The molecule has 0 fully saturated rings. The van der Waals surface area contributed by atoms with Gasteiger partial charge in [-0.15, -0.1) is 0 Å². The van der Waals surface area contributed by atoms with Crippen molar-refractivity contribution in [3.05, 3.63) is 59.1 Å². The number of pyridine rings is 1. The highest BCUT2D eigenvalue weighted by atomic mass is 35.5. The Morgan fingerprint density at radius 3 is 2.81 bits per heavy atom. The third-order valence-corrected chi connectivity index (χ3v) is 3.85. The maximum Gasteiger partial charge on any atom is 0.196 e. The molecule has 1 aromatic heterocycles. The van der Waals surface area contributed by atoms with Crippen molar-refractivity contribution in [2.75, 3.05) is 11.4 Å². The minimum atomic E-state index is -0.567. The molecule has 1 atom stereocenters. The van der Waals surface area contributed by atoms with Crippen LogP contribution in [0.1, 0.15) is 12.6 Å². The Balaban J connectivity index is 2.07. The highest BCUT2D eigenvalue weighted by Crippen LogP contribution is 2.36. The van der Waals surface area contributed by atoms with Crippen molar-refractivity contribution in [3.8, 4) is 0 Å². The first-order chi connectivity index (χ1) is 10.0. The highest BCUT2D eigenvalue weighted by Gasteiger charge is 2.41. The van der Waals surface area contributed by atoms with Gasteiger partial charge in [-0.05, 0) is 37.3 Å². The fourth-order valence-electron chi connectivity index (χ4n) is 2.55. The van der Waals surface area contributed by atoms with Crippen molar-refractivity contribution in [2.45, 2.75) is 12.5 Å². The lowest BCUT2D eigenvalue weighted by Gasteiger charge is -2.35. The first kappa shape index (κ1) is 13.8. The Kier molecular flexibility index (Phi) is 3.29. The van der Waals surface area contributed by atoms with Crippen LogP contribution in [0.2, 0.25) is 5.02 Å². The molecule has 2 heterocycles. The Labute approximate surface area is 127 Å². The summed E-state index contributed by atoms with van der Waals surface area (Å²) in [5, 5.41) is 0.613. The van der Waals surface area contributed by atoms with Gasteiger partial charge >= 0.3 is 0 Å². The van der Waals surface area contributed by atoms with E-state index in [0.717, 1.165) is 5.69 Å². The van der Waals surface area contributed by atoms with Gasteiger partial charge in [-0.3, -0.25) is 14.9 Å².